The monoisotopic (exact) mass is 296 g/mol. The van der Waals surface area contributed by atoms with Crippen LogP contribution in [0, 0.1) is 6.92 Å². The van der Waals surface area contributed by atoms with E-state index in [-0.39, 0.29) is 4.90 Å². The van der Waals surface area contributed by atoms with Crippen LogP contribution >= 0.6 is 0 Å². The van der Waals surface area contributed by atoms with Crippen molar-refractivity contribution in [1.29, 1.82) is 0 Å². The predicted molar refractivity (Wildman–Crippen MR) is 76.9 cm³/mol. The Labute approximate surface area is 120 Å². The first-order chi connectivity index (χ1) is 9.49. The molecular weight excluding hydrogens is 276 g/mol. The summed E-state index contributed by atoms with van der Waals surface area (Å²) in [5.74, 6) is 0. The highest BCUT2D eigenvalue weighted by atomic mass is 32.2. The zero-order chi connectivity index (χ0) is 14.6. The van der Waals surface area contributed by atoms with E-state index in [2.05, 4.69) is 0 Å². The van der Waals surface area contributed by atoms with Gasteiger partial charge in [-0.05, 0) is 44.7 Å². The van der Waals surface area contributed by atoms with E-state index in [1.807, 2.05) is 19.1 Å². The highest BCUT2D eigenvalue weighted by Gasteiger charge is 2.27. The SMILES string of the molecule is Cc1ccc(S(=O)(=O)O[C@H]2CCC=CCC[C@H]2O)cc1. The summed E-state index contributed by atoms with van der Waals surface area (Å²) < 4.78 is 29.6. The Morgan fingerprint density at radius 2 is 1.70 bits per heavy atom. The van der Waals surface area contributed by atoms with Gasteiger partial charge in [0.25, 0.3) is 10.1 Å². The Morgan fingerprint density at radius 1 is 1.10 bits per heavy atom. The van der Waals surface area contributed by atoms with E-state index < -0.39 is 22.3 Å². The van der Waals surface area contributed by atoms with Gasteiger partial charge in [-0.15, -0.1) is 0 Å². The highest BCUT2D eigenvalue weighted by molar-refractivity contribution is 7.86. The van der Waals surface area contributed by atoms with Crippen molar-refractivity contribution in [1.82, 2.24) is 0 Å². The molecule has 0 heterocycles. The maximum atomic E-state index is 12.2. The van der Waals surface area contributed by atoms with Crippen molar-refractivity contribution >= 4 is 10.1 Å². The van der Waals surface area contributed by atoms with Gasteiger partial charge in [-0.2, -0.15) is 8.42 Å². The average molecular weight is 296 g/mol. The van der Waals surface area contributed by atoms with Crippen molar-refractivity contribution in [3.63, 3.8) is 0 Å². The number of aryl methyl sites for hydroxylation is 1. The lowest BCUT2D eigenvalue weighted by Gasteiger charge is -2.23. The van der Waals surface area contributed by atoms with Gasteiger partial charge in [0, 0.05) is 0 Å². The van der Waals surface area contributed by atoms with E-state index in [1.165, 1.54) is 12.1 Å². The second kappa shape index (κ2) is 6.52. The molecule has 2 rings (SSSR count). The van der Waals surface area contributed by atoms with Crippen LogP contribution in [-0.2, 0) is 14.3 Å². The molecule has 1 N–H and O–H groups in total. The maximum Gasteiger partial charge on any atom is 0.297 e. The molecule has 4 nitrogen and oxygen atoms in total. The molecule has 5 heteroatoms. The van der Waals surface area contributed by atoms with E-state index in [4.69, 9.17) is 4.18 Å². The van der Waals surface area contributed by atoms with E-state index in [0.717, 1.165) is 12.0 Å². The number of allylic oxidation sites excluding steroid dienone is 2. The van der Waals surface area contributed by atoms with Crippen LogP contribution in [0.2, 0.25) is 0 Å². The van der Waals surface area contributed by atoms with Gasteiger partial charge < -0.3 is 5.11 Å². The summed E-state index contributed by atoms with van der Waals surface area (Å²) in [7, 11) is -3.82. The van der Waals surface area contributed by atoms with Gasteiger partial charge in [0.05, 0.1) is 11.0 Å². The fourth-order valence-corrected chi connectivity index (χ4v) is 3.31. The zero-order valence-electron chi connectivity index (χ0n) is 11.5. The molecule has 0 bridgehead atoms. The third-order valence-electron chi connectivity index (χ3n) is 3.40. The quantitative estimate of drug-likeness (QED) is 0.688. The molecule has 0 saturated heterocycles. The molecule has 1 aliphatic rings. The largest absolute Gasteiger partial charge is 0.390 e. The smallest absolute Gasteiger partial charge is 0.297 e. The van der Waals surface area contributed by atoms with Crippen molar-refractivity contribution in [2.45, 2.75) is 49.7 Å². The molecule has 0 saturated carbocycles. The van der Waals surface area contributed by atoms with Crippen molar-refractivity contribution in [3.05, 3.63) is 42.0 Å². The first-order valence-electron chi connectivity index (χ1n) is 6.82. The highest BCUT2D eigenvalue weighted by Crippen LogP contribution is 2.22. The Hall–Kier alpha value is -1.17. The van der Waals surface area contributed by atoms with Crippen molar-refractivity contribution in [2.75, 3.05) is 0 Å². The van der Waals surface area contributed by atoms with Crippen molar-refractivity contribution in [2.24, 2.45) is 0 Å². The van der Waals surface area contributed by atoms with Crippen LogP contribution in [-0.4, -0.2) is 25.7 Å². The van der Waals surface area contributed by atoms with Crippen LogP contribution < -0.4 is 0 Å². The minimum atomic E-state index is -3.82. The molecule has 1 aromatic rings. The molecule has 0 amide bonds. The molecule has 0 unspecified atom stereocenters. The van der Waals surface area contributed by atoms with Crippen LogP contribution in [0.5, 0.6) is 0 Å². The van der Waals surface area contributed by atoms with Gasteiger partial charge in [-0.1, -0.05) is 29.8 Å². The second-order valence-electron chi connectivity index (χ2n) is 5.10. The average Bonchev–Trinajstić information content (AvgIpc) is 2.39. The van der Waals surface area contributed by atoms with Crippen molar-refractivity contribution < 1.29 is 17.7 Å². The first kappa shape index (κ1) is 15.2. The molecular formula is C15H20O4S. The molecule has 1 aromatic carbocycles. The lowest BCUT2D eigenvalue weighted by atomic mass is 10.0. The van der Waals surface area contributed by atoms with Crippen LogP contribution in [0.1, 0.15) is 31.2 Å². The summed E-state index contributed by atoms with van der Waals surface area (Å²) in [6.45, 7) is 1.89. The van der Waals surface area contributed by atoms with E-state index >= 15 is 0 Å². The predicted octanol–water partition coefficient (Wildman–Crippen LogP) is 2.56. The number of hydrogen-bond donors (Lipinski definition) is 1. The Morgan fingerprint density at radius 3 is 2.35 bits per heavy atom. The summed E-state index contributed by atoms with van der Waals surface area (Å²) >= 11 is 0. The summed E-state index contributed by atoms with van der Waals surface area (Å²) in [4.78, 5) is 0.132. The van der Waals surface area contributed by atoms with Crippen molar-refractivity contribution in [3.8, 4) is 0 Å². The Kier molecular flexibility index (Phi) is 4.96. The third kappa shape index (κ3) is 3.91. The minimum absolute atomic E-state index is 0.132. The second-order valence-corrected chi connectivity index (χ2v) is 6.67. The molecule has 0 fully saturated rings. The maximum absolute atomic E-state index is 12.2. The molecule has 0 aromatic heterocycles. The van der Waals surface area contributed by atoms with E-state index in [9.17, 15) is 13.5 Å². The summed E-state index contributed by atoms with van der Waals surface area (Å²) in [6, 6.07) is 6.51. The fraction of sp³-hybridized carbons (Fsp3) is 0.467. The van der Waals surface area contributed by atoms with Gasteiger partial charge in [-0.25, -0.2) is 0 Å². The lowest BCUT2D eigenvalue weighted by molar-refractivity contribution is 0.0300. The van der Waals surface area contributed by atoms with Crippen LogP contribution in [0.25, 0.3) is 0 Å². The van der Waals surface area contributed by atoms with Gasteiger partial charge in [0.2, 0.25) is 0 Å². The van der Waals surface area contributed by atoms with Gasteiger partial charge in [0.15, 0.2) is 0 Å². The molecule has 0 spiro atoms. The van der Waals surface area contributed by atoms with Crippen LogP contribution in [0.4, 0.5) is 0 Å². The first-order valence-corrected chi connectivity index (χ1v) is 8.23. The molecule has 110 valence electrons. The molecule has 0 aliphatic heterocycles. The zero-order valence-corrected chi connectivity index (χ0v) is 12.3. The molecule has 0 radical (unpaired) electrons. The number of rotatable bonds is 3. The summed E-state index contributed by atoms with van der Waals surface area (Å²) in [5, 5.41) is 10.0. The van der Waals surface area contributed by atoms with E-state index in [0.29, 0.717) is 19.3 Å². The molecule has 1 aliphatic carbocycles. The number of aliphatic hydroxyl groups excluding tert-OH is 1. The van der Waals surface area contributed by atoms with Crippen LogP contribution in [0.3, 0.4) is 0 Å². The minimum Gasteiger partial charge on any atom is -0.390 e. The van der Waals surface area contributed by atoms with Gasteiger partial charge in [0.1, 0.15) is 6.10 Å². The Bertz CT molecular complexity index is 560. The summed E-state index contributed by atoms with van der Waals surface area (Å²) in [5.41, 5.74) is 0.986. The Balaban J connectivity index is 2.14. The number of hydrogen-bond acceptors (Lipinski definition) is 4. The normalized spacial score (nSPS) is 24.1. The lowest BCUT2D eigenvalue weighted by Crippen LogP contribution is -2.31. The summed E-state index contributed by atoms with van der Waals surface area (Å²) in [6.07, 6.45) is 5.06. The fourth-order valence-electron chi connectivity index (χ4n) is 2.18. The van der Waals surface area contributed by atoms with Crippen LogP contribution in [0.15, 0.2) is 41.3 Å². The standard InChI is InChI=1S/C15H20O4S/c1-12-8-10-13(11-9-12)20(17,18)19-15-7-5-3-2-4-6-14(15)16/h2-3,8-11,14-16H,4-7H2,1H3/t14-,15+/m1/s1. The molecule has 20 heavy (non-hydrogen) atoms. The third-order valence-corrected chi connectivity index (χ3v) is 4.75. The van der Waals surface area contributed by atoms with Gasteiger partial charge in [-0.3, -0.25) is 4.18 Å². The van der Waals surface area contributed by atoms with E-state index in [1.54, 1.807) is 12.1 Å². The molecule has 2 atom stereocenters. The topological polar surface area (TPSA) is 63.6 Å². The number of aliphatic hydroxyl groups is 1. The van der Waals surface area contributed by atoms with Gasteiger partial charge >= 0.3 is 0 Å². The number of benzene rings is 1.